The summed E-state index contributed by atoms with van der Waals surface area (Å²) in [5.74, 6) is -1.04. The molecule has 1 saturated heterocycles. The van der Waals surface area contributed by atoms with Gasteiger partial charge in [0.05, 0.1) is 35.5 Å². The van der Waals surface area contributed by atoms with Crippen molar-refractivity contribution in [2.75, 3.05) is 13.2 Å². The average molecular weight is 516 g/mol. The molecule has 3 atom stereocenters. The number of allylic oxidation sites excluding steroid dienone is 3. The monoisotopic (exact) mass is 515 g/mol. The minimum Gasteiger partial charge on any atom is -0.469 e. The summed E-state index contributed by atoms with van der Waals surface area (Å²) in [5, 5.41) is 3.70. The van der Waals surface area contributed by atoms with Gasteiger partial charge < -0.3 is 23.6 Å². The third-order valence-corrected chi connectivity index (χ3v) is 7.68. The maximum Gasteiger partial charge on any atom is 0.336 e. The highest BCUT2D eigenvalue weighted by Crippen LogP contribution is 2.45. The second-order valence-electron chi connectivity index (χ2n) is 10.3. The molecule has 0 saturated carbocycles. The number of ketones is 1. The highest BCUT2D eigenvalue weighted by Gasteiger charge is 2.43. The number of esters is 1. The molecule has 1 N–H and O–H groups in total. The van der Waals surface area contributed by atoms with Crippen LogP contribution in [0.1, 0.15) is 61.3 Å². The van der Waals surface area contributed by atoms with Crippen LogP contribution >= 0.6 is 0 Å². The quantitative estimate of drug-likeness (QED) is 0.484. The molecule has 0 radical (unpaired) electrons. The molecule has 3 aliphatic rings. The lowest BCUT2D eigenvalue weighted by molar-refractivity contribution is -0.142. The van der Waals surface area contributed by atoms with Gasteiger partial charge in [-0.15, -0.1) is 0 Å². The van der Waals surface area contributed by atoms with E-state index in [1.165, 1.54) is 6.26 Å². The Morgan fingerprint density at radius 2 is 2.00 bits per heavy atom. The highest BCUT2D eigenvalue weighted by atomic mass is 16.6. The molecular weight excluding hydrogens is 486 g/mol. The van der Waals surface area contributed by atoms with Crippen molar-refractivity contribution in [3.8, 4) is 0 Å². The smallest absolute Gasteiger partial charge is 0.336 e. The Kier molecular flexibility index (Phi) is 6.27. The van der Waals surface area contributed by atoms with Crippen molar-refractivity contribution in [2.24, 2.45) is 0 Å². The molecule has 8 nitrogen and oxygen atoms in total. The summed E-state index contributed by atoms with van der Waals surface area (Å²) in [4.78, 5) is 41.1. The fraction of sp³-hybridized carbons (Fsp3) is 0.367. The highest BCUT2D eigenvalue weighted by molar-refractivity contribution is 6.04. The number of benzene rings is 1. The van der Waals surface area contributed by atoms with E-state index < -0.39 is 11.9 Å². The molecule has 8 heteroatoms. The van der Waals surface area contributed by atoms with E-state index in [2.05, 4.69) is 5.32 Å². The molecule has 38 heavy (non-hydrogen) atoms. The van der Waals surface area contributed by atoms with Crippen LogP contribution in [0.3, 0.4) is 0 Å². The number of ether oxygens (including phenoxy) is 2. The Morgan fingerprint density at radius 3 is 2.76 bits per heavy atom. The lowest BCUT2D eigenvalue weighted by Crippen LogP contribution is -2.37. The zero-order valence-electron chi connectivity index (χ0n) is 21.4. The van der Waals surface area contributed by atoms with Gasteiger partial charge in [0, 0.05) is 41.5 Å². The van der Waals surface area contributed by atoms with E-state index in [1.54, 1.807) is 31.4 Å². The number of carbonyl (C=O) groups excluding carboxylic acids is 2. The SMILES string of the molecule is CC1=C(C(=O)OC[C@@H]2CCCO2)[C@@H](c2coc3ccc(C)cc3c2=O)C2=C(C[C@H](c3ccco3)CC2=O)N1. The lowest BCUT2D eigenvalue weighted by atomic mass is 9.72. The third kappa shape index (κ3) is 4.28. The van der Waals surface area contributed by atoms with Gasteiger partial charge >= 0.3 is 5.97 Å². The van der Waals surface area contributed by atoms with Gasteiger partial charge in [0.15, 0.2) is 11.2 Å². The standard InChI is InChI=1S/C30H29NO7/c1-16-7-8-25-20(11-16)29(33)21(15-37-25)27-26(30(34)38-14-19-5-3-9-35-19)17(2)31-22-12-18(13-23(32)28(22)27)24-6-4-10-36-24/h4,6-8,10-11,15,18-19,27,31H,3,5,9,12-14H2,1-2H3/t18-,19-,27+/m0/s1. The molecule has 2 aliphatic heterocycles. The van der Waals surface area contributed by atoms with Crippen LogP contribution in [0.5, 0.6) is 0 Å². The summed E-state index contributed by atoms with van der Waals surface area (Å²) < 4.78 is 22.8. The zero-order valence-corrected chi connectivity index (χ0v) is 21.4. The number of aryl methyl sites for hydroxylation is 1. The number of furan rings is 1. The average Bonchev–Trinajstić information content (AvgIpc) is 3.62. The molecule has 196 valence electrons. The van der Waals surface area contributed by atoms with Crippen LogP contribution in [0.2, 0.25) is 0 Å². The number of rotatable bonds is 5. The first-order valence-electron chi connectivity index (χ1n) is 13.0. The molecule has 6 rings (SSSR count). The zero-order chi connectivity index (χ0) is 26.4. The predicted octanol–water partition coefficient (Wildman–Crippen LogP) is 4.78. The van der Waals surface area contributed by atoms with Crippen LogP contribution in [0.15, 0.2) is 79.0 Å². The summed E-state index contributed by atoms with van der Waals surface area (Å²) in [6, 6.07) is 9.05. The van der Waals surface area contributed by atoms with Gasteiger partial charge in [0.25, 0.3) is 0 Å². The number of nitrogens with one attached hydrogen (secondary N) is 1. The maximum absolute atomic E-state index is 13.8. The van der Waals surface area contributed by atoms with Crippen LogP contribution in [-0.4, -0.2) is 31.1 Å². The number of dihydropyridines is 1. The fourth-order valence-corrected chi connectivity index (χ4v) is 5.83. The van der Waals surface area contributed by atoms with Gasteiger partial charge in [-0.1, -0.05) is 11.6 Å². The molecule has 0 unspecified atom stereocenters. The lowest BCUT2D eigenvalue weighted by Gasteiger charge is -2.35. The van der Waals surface area contributed by atoms with Crippen LogP contribution in [0.4, 0.5) is 0 Å². The normalized spacial score (nSPS) is 23.5. The van der Waals surface area contributed by atoms with Crippen molar-refractivity contribution in [1.82, 2.24) is 5.32 Å². The molecule has 2 aromatic heterocycles. The summed E-state index contributed by atoms with van der Waals surface area (Å²) in [6.45, 7) is 4.43. The third-order valence-electron chi connectivity index (χ3n) is 7.68. The Hall–Kier alpha value is -3.91. The van der Waals surface area contributed by atoms with Crippen molar-refractivity contribution < 1.29 is 27.9 Å². The van der Waals surface area contributed by atoms with Crippen molar-refractivity contribution in [3.05, 3.63) is 92.5 Å². The Balaban J connectivity index is 1.45. The molecule has 0 spiro atoms. The van der Waals surface area contributed by atoms with Crippen LogP contribution in [0.25, 0.3) is 11.0 Å². The summed E-state index contributed by atoms with van der Waals surface area (Å²) >= 11 is 0. The Morgan fingerprint density at radius 1 is 1.13 bits per heavy atom. The minimum absolute atomic E-state index is 0.119. The maximum atomic E-state index is 13.8. The molecule has 1 aliphatic carbocycles. The second kappa shape index (κ2) is 9.76. The fourth-order valence-electron chi connectivity index (χ4n) is 5.83. The van der Waals surface area contributed by atoms with Crippen LogP contribution in [0, 0.1) is 6.92 Å². The predicted molar refractivity (Wildman–Crippen MR) is 138 cm³/mol. The minimum atomic E-state index is -0.908. The van der Waals surface area contributed by atoms with E-state index >= 15 is 0 Å². The number of hydrogen-bond donors (Lipinski definition) is 1. The summed E-state index contributed by atoms with van der Waals surface area (Å²) in [6.07, 6.45) is 5.29. The molecule has 4 heterocycles. The first-order valence-corrected chi connectivity index (χ1v) is 13.0. The van der Waals surface area contributed by atoms with Gasteiger partial charge in [0.1, 0.15) is 18.0 Å². The van der Waals surface area contributed by atoms with Gasteiger partial charge in [-0.3, -0.25) is 9.59 Å². The van der Waals surface area contributed by atoms with Gasteiger partial charge in [-0.05, 0) is 57.4 Å². The van der Waals surface area contributed by atoms with Crippen molar-refractivity contribution >= 4 is 22.7 Å². The molecule has 0 amide bonds. The van der Waals surface area contributed by atoms with Gasteiger partial charge in [-0.25, -0.2) is 4.79 Å². The second-order valence-corrected chi connectivity index (χ2v) is 10.3. The largest absolute Gasteiger partial charge is 0.469 e. The number of Topliss-reactive ketones (excluding diaryl/α,β-unsaturated/α-hetero) is 1. The molecule has 1 fully saturated rings. The number of hydrogen-bond acceptors (Lipinski definition) is 8. The van der Waals surface area contributed by atoms with E-state index in [4.69, 9.17) is 18.3 Å². The van der Waals surface area contributed by atoms with Crippen LogP contribution < -0.4 is 10.7 Å². The van der Waals surface area contributed by atoms with E-state index in [-0.39, 0.29) is 47.4 Å². The van der Waals surface area contributed by atoms with Crippen molar-refractivity contribution in [2.45, 2.75) is 57.5 Å². The number of carbonyl (C=O) groups is 2. The topological polar surface area (TPSA) is 108 Å². The van der Waals surface area contributed by atoms with E-state index in [0.717, 1.165) is 24.2 Å². The van der Waals surface area contributed by atoms with Crippen LogP contribution in [-0.2, 0) is 19.1 Å². The number of fused-ring (bicyclic) bond motifs is 1. The van der Waals surface area contributed by atoms with E-state index in [9.17, 15) is 14.4 Å². The molecule has 3 aromatic rings. The van der Waals surface area contributed by atoms with Gasteiger partial charge in [0.2, 0.25) is 0 Å². The Bertz CT molecular complexity index is 1540. The molecular formula is C30H29NO7. The Labute approximate surface area is 219 Å². The molecule has 0 bridgehead atoms. The van der Waals surface area contributed by atoms with Gasteiger partial charge in [-0.2, -0.15) is 0 Å². The van der Waals surface area contributed by atoms with E-state index in [0.29, 0.717) is 41.0 Å². The van der Waals surface area contributed by atoms with E-state index in [1.807, 2.05) is 19.1 Å². The summed E-state index contributed by atoms with van der Waals surface area (Å²) in [7, 11) is 0. The van der Waals surface area contributed by atoms with Crippen molar-refractivity contribution in [3.63, 3.8) is 0 Å². The van der Waals surface area contributed by atoms with Crippen molar-refractivity contribution in [1.29, 1.82) is 0 Å². The summed E-state index contributed by atoms with van der Waals surface area (Å²) in [5.41, 5.74) is 3.20. The first-order chi connectivity index (χ1) is 18.4. The molecule has 1 aromatic carbocycles. The first kappa shape index (κ1) is 24.4.